The molecule has 0 rings (SSSR count). The molecular formula is C12H20O2. The van der Waals surface area contributed by atoms with Crippen LogP contribution in [0.4, 0.5) is 0 Å². The van der Waals surface area contributed by atoms with E-state index in [1.807, 2.05) is 26.0 Å². The first-order valence-electron chi connectivity index (χ1n) is 4.86. The molecule has 80 valence electrons. The predicted molar refractivity (Wildman–Crippen MR) is 60.2 cm³/mol. The molecule has 0 unspecified atom stereocenters. The average molecular weight is 196 g/mol. The van der Waals surface area contributed by atoms with Crippen molar-refractivity contribution in [3.8, 4) is 0 Å². The molecule has 0 saturated carbocycles. The molecule has 0 saturated heterocycles. The molecule has 0 aliphatic carbocycles. The van der Waals surface area contributed by atoms with Crippen molar-refractivity contribution >= 4 is 12.6 Å². The van der Waals surface area contributed by atoms with E-state index in [1.165, 1.54) is 0 Å². The predicted octanol–water partition coefficient (Wildman–Crippen LogP) is 3.08. The van der Waals surface area contributed by atoms with Crippen LogP contribution in [0, 0.1) is 0 Å². The molecule has 0 aromatic carbocycles. The fourth-order valence-electron chi connectivity index (χ4n) is 0.740. The van der Waals surface area contributed by atoms with Crippen LogP contribution in [-0.4, -0.2) is 12.6 Å². The number of hydrogen-bond acceptors (Lipinski definition) is 2. The quantitative estimate of drug-likeness (QED) is 0.511. The van der Waals surface area contributed by atoms with Crippen LogP contribution in [0.2, 0.25) is 0 Å². The molecule has 14 heavy (non-hydrogen) atoms. The van der Waals surface area contributed by atoms with Crippen molar-refractivity contribution in [1.82, 2.24) is 0 Å². The Morgan fingerprint density at radius 2 is 1.14 bits per heavy atom. The standard InChI is InChI=1S/2C6H10O/c2*1-3-4-6(2)5-7/h2*4-5H,3H2,1-2H3. The highest BCUT2D eigenvalue weighted by Crippen LogP contribution is 1.87. The molecule has 0 N–H and O–H groups in total. The normalized spacial score (nSPS) is 11.4. The van der Waals surface area contributed by atoms with Gasteiger partial charge in [-0.1, -0.05) is 26.0 Å². The molecule has 0 amide bonds. The maximum Gasteiger partial charge on any atom is 0.145 e. The van der Waals surface area contributed by atoms with E-state index in [4.69, 9.17) is 0 Å². The third-order valence-corrected chi connectivity index (χ3v) is 1.42. The van der Waals surface area contributed by atoms with Gasteiger partial charge in [0.05, 0.1) is 0 Å². The largest absolute Gasteiger partial charge is 0.298 e. The van der Waals surface area contributed by atoms with Gasteiger partial charge < -0.3 is 0 Å². The molecule has 0 spiro atoms. The van der Waals surface area contributed by atoms with Crippen molar-refractivity contribution in [2.24, 2.45) is 0 Å². The Bertz CT molecular complexity index is 188. The number of carbonyl (C=O) groups excluding carboxylic acids is 2. The van der Waals surface area contributed by atoms with Gasteiger partial charge in [0.15, 0.2) is 0 Å². The smallest absolute Gasteiger partial charge is 0.145 e. The number of aldehydes is 2. The van der Waals surface area contributed by atoms with Crippen molar-refractivity contribution in [2.75, 3.05) is 0 Å². The number of hydrogen-bond donors (Lipinski definition) is 0. The Kier molecular flexibility index (Phi) is 12.9. The van der Waals surface area contributed by atoms with Crippen LogP contribution < -0.4 is 0 Å². The van der Waals surface area contributed by atoms with E-state index in [-0.39, 0.29) is 0 Å². The Morgan fingerprint density at radius 1 is 0.857 bits per heavy atom. The van der Waals surface area contributed by atoms with E-state index in [2.05, 4.69) is 0 Å². The highest BCUT2D eigenvalue weighted by atomic mass is 16.1. The van der Waals surface area contributed by atoms with Crippen LogP contribution in [0.25, 0.3) is 0 Å². The molecular weight excluding hydrogens is 176 g/mol. The van der Waals surface area contributed by atoms with Gasteiger partial charge >= 0.3 is 0 Å². The monoisotopic (exact) mass is 196 g/mol. The summed E-state index contributed by atoms with van der Waals surface area (Å²) in [6.45, 7) is 7.62. The topological polar surface area (TPSA) is 34.1 Å². The lowest BCUT2D eigenvalue weighted by Crippen LogP contribution is -1.72. The molecule has 0 aliphatic rings. The summed E-state index contributed by atoms with van der Waals surface area (Å²) in [4.78, 5) is 19.7. The number of allylic oxidation sites excluding steroid dienone is 4. The van der Waals surface area contributed by atoms with E-state index in [9.17, 15) is 9.59 Å². The Labute approximate surface area is 86.7 Å². The molecule has 0 aliphatic heterocycles. The van der Waals surface area contributed by atoms with Gasteiger partial charge in [-0.15, -0.1) is 0 Å². The SMILES string of the molecule is CCC=C(C)C=O.CCC=C(C)C=O. The van der Waals surface area contributed by atoms with Crippen LogP contribution >= 0.6 is 0 Å². The lowest BCUT2D eigenvalue weighted by atomic mass is 10.3. The molecule has 0 radical (unpaired) electrons. The zero-order chi connectivity index (χ0) is 11.4. The summed E-state index contributed by atoms with van der Waals surface area (Å²) < 4.78 is 0. The summed E-state index contributed by atoms with van der Waals surface area (Å²) in [5, 5.41) is 0. The summed E-state index contributed by atoms with van der Waals surface area (Å²) in [6, 6.07) is 0. The Morgan fingerprint density at radius 3 is 1.21 bits per heavy atom. The zero-order valence-corrected chi connectivity index (χ0v) is 9.54. The van der Waals surface area contributed by atoms with Crippen LogP contribution in [0.3, 0.4) is 0 Å². The molecule has 0 aromatic heterocycles. The Balaban J connectivity index is 0. The van der Waals surface area contributed by atoms with Crippen molar-refractivity contribution in [2.45, 2.75) is 40.5 Å². The average Bonchev–Trinajstić information content (AvgIpc) is 2.19. The van der Waals surface area contributed by atoms with Crippen LogP contribution in [0.1, 0.15) is 40.5 Å². The minimum absolute atomic E-state index is 0.822. The van der Waals surface area contributed by atoms with Crippen molar-refractivity contribution < 1.29 is 9.59 Å². The van der Waals surface area contributed by atoms with Gasteiger partial charge in [0, 0.05) is 0 Å². The molecule has 2 heteroatoms. The van der Waals surface area contributed by atoms with Gasteiger partial charge in [-0.2, -0.15) is 0 Å². The fourth-order valence-corrected chi connectivity index (χ4v) is 0.740. The Hall–Kier alpha value is -1.18. The third kappa shape index (κ3) is 13.4. The van der Waals surface area contributed by atoms with Crippen molar-refractivity contribution in [3.05, 3.63) is 23.3 Å². The summed E-state index contributed by atoms with van der Waals surface area (Å²) in [7, 11) is 0. The van der Waals surface area contributed by atoms with Gasteiger partial charge in [-0.3, -0.25) is 9.59 Å². The van der Waals surface area contributed by atoms with Gasteiger partial charge in [0.1, 0.15) is 12.6 Å². The van der Waals surface area contributed by atoms with Crippen LogP contribution in [-0.2, 0) is 9.59 Å². The first-order valence-corrected chi connectivity index (χ1v) is 4.86. The van der Waals surface area contributed by atoms with Crippen LogP contribution in [0.15, 0.2) is 23.3 Å². The molecule has 2 nitrogen and oxygen atoms in total. The van der Waals surface area contributed by atoms with E-state index < -0.39 is 0 Å². The van der Waals surface area contributed by atoms with Gasteiger partial charge in [-0.05, 0) is 37.8 Å². The first kappa shape index (κ1) is 15.3. The van der Waals surface area contributed by atoms with Crippen molar-refractivity contribution in [1.29, 1.82) is 0 Å². The second-order valence-electron chi connectivity index (χ2n) is 2.95. The highest BCUT2D eigenvalue weighted by Gasteiger charge is 1.77. The lowest BCUT2D eigenvalue weighted by molar-refractivity contribution is -0.105. The second kappa shape index (κ2) is 11.8. The second-order valence-corrected chi connectivity index (χ2v) is 2.95. The molecule has 0 bridgehead atoms. The molecule has 0 heterocycles. The van der Waals surface area contributed by atoms with E-state index in [0.717, 1.165) is 36.6 Å². The molecule has 0 aromatic rings. The minimum atomic E-state index is 0.822. The minimum Gasteiger partial charge on any atom is -0.298 e. The molecule has 0 atom stereocenters. The summed E-state index contributed by atoms with van der Waals surface area (Å²) >= 11 is 0. The third-order valence-electron chi connectivity index (χ3n) is 1.42. The zero-order valence-electron chi connectivity index (χ0n) is 9.54. The number of carbonyl (C=O) groups is 2. The maximum absolute atomic E-state index is 9.83. The van der Waals surface area contributed by atoms with Gasteiger partial charge in [-0.25, -0.2) is 0 Å². The van der Waals surface area contributed by atoms with Crippen LogP contribution in [0.5, 0.6) is 0 Å². The molecule has 0 fully saturated rings. The highest BCUT2D eigenvalue weighted by molar-refractivity contribution is 5.72. The fraction of sp³-hybridized carbons (Fsp3) is 0.500. The van der Waals surface area contributed by atoms with Gasteiger partial charge in [0.2, 0.25) is 0 Å². The lowest BCUT2D eigenvalue weighted by Gasteiger charge is -1.79. The van der Waals surface area contributed by atoms with E-state index in [1.54, 1.807) is 13.8 Å². The maximum atomic E-state index is 9.83. The van der Waals surface area contributed by atoms with E-state index >= 15 is 0 Å². The number of rotatable bonds is 4. The van der Waals surface area contributed by atoms with Crippen molar-refractivity contribution in [3.63, 3.8) is 0 Å². The summed E-state index contributed by atoms with van der Waals surface area (Å²) in [5.41, 5.74) is 1.64. The summed E-state index contributed by atoms with van der Waals surface area (Å²) in [5.74, 6) is 0. The van der Waals surface area contributed by atoms with Gasteiger partial charge in [0.25, 0.3) is 0 Å². The first-order chi connectivity index (χ1) is 6.62. The van der Waals surface area contributed by atoms with E-state index in [0.29, 0.717) is 0 Å². The summed E-state index contributed by atoms with van der Waals surface area (Å²) in [6.07, 6.45) is 7.42.